The maximum atomic E-state index is 13.5. The molecule has 0 fully saturated rings. The van der Waals surface area contributed by atoms with E-state index in [2.05, 4.69) is 5.32 Å². The summed E-state index contributed by atoms with van der Waals surface area (Å²) in [5.74, 6) is 1.20. The van der Waals surface area contributed by atoms with Gasteiger partial charge < -0.3 is 14.8 Å². The molecule has 0 amide bonds. The third-order valence-corrected chi connectivity index (χ3v) is 3.07. The Balaban J connectivity index is 0.00000220. The minimum atomic E-state index is -0.197. The van der Waals surface area contributed by atoms with E-state index in [4.69, 9.17) is 9.47 Å². The summed E-state index contributed by atoms with van der Waals surface area (Å²) in [7, 11) is 3.21. The van der Waals surface area contributed by atoms with Crippen molar-refractivity contribution in [3.63, 3.8) is 0 Å². The molecule has 0 atom stereocenters. The maximum absolute atomic E-state index is 13.5. The lowest BCUT2D eigenvalue weighted by molar-refractivity contribution is 0.350. The molecular formula is C16H19BrFNO2. The van der Waals surface area contributed by atoms with E-state index < -0.39 is 0 Å². The second kappa shape index (κ2) is 8.64. The van der Waals surface area contributed by atoms with Crippen LogP contribution in [0.4, 0.5) is 4.39 Å². The summed E-state index contributed by atoms with van der Waals surface area (Å²) in [5, 5.41) is 3.21. The zero-order chi connectivity index (χ0) is 14.4. The topological polar surface area (TPSA) is 30.5 Å². The van der Waals surface area contributed by atoms with Gasteiger partial charge in [-0.15, -0.1) is 17.0 Å². The molecule has 1 N–H and O–H groups in total. The quantitative estimate of drug-likeness (QED) is 0.856. The monoisotopic (exact) mass is 355 g/mol. The van der Waals surface area contributed by atoms with Crippen molar-refractivity contribution in [3.8, 4) is 11.5 Å². The van der Waals surface area contributed by atoms with Crippen LogP contribution in [0.25, 0.3) is 0 Å². The van der Waals surface area contributed by atoms with Crippen LogP contribution < -0.4 is 14.8 Å². The van der Waals surface area contributed by atoms with Gasteiger partial charge >= 0.3 is 0 Å². The fourth-order valence-corrected chi connectivity index (χ4v) is 2.07. The van der Waals surface area contributed by atoms with E-state index in [1.807, 2.05) is 24.3 Å². The molecule has 0 saturated heterocycles. The lowest BCUT2D eigenvalue weighted by Crippen LogP contribution is -2.14. The van der Waals surface area contributed by atoms with Crippen LogP contribution >= 0.6 is 17.0 Å². The summed E-state index contributed by atoms with van der Waals surface area (Å²) >= 11 is 0. The number of ether oxygens (including phenoxy) is 2. The Morgan fingerprint density at radius 2 is 1.57 bits per heavy atom. The number of para-hydroxylation sites is 1. The number of halogens is 2. The number of nitrogens with one attached hydrogen (secondary N) is 1. The van der Waals surface area contributed by atoms with E-state index in [-0.39, 0.29) is 22.8 Å². The minimum Gasteiger partial charge on any atom is -0.493 e. The highest BCUT2D eigenvalue weighted by Crippen LogP contribution is 2.30. The van der Waals surface area contributed by atoms with Crippen molar-refractivity contribution in [3.05, 3.63) is 59.4 Å². The molecule has 2 aromatic rings. The van der Waals surface area contributed by atoms with Gasteiger partial charge in [0, 0.05) is 24.2 Å². The third kappa shape index (κ3) is 4.44. The molecule has 0 saturated carbocycles. The molecule has 2 rings (SSSR count). The third-order valence-electron chi connectivity index (χ3n) is 3.07. The van der Waals surface area contributed by atoms with E-state index >= 15 is 0 Å². The van der Waals surface area contributed by atoms with Crippen LogP contribution in [0.2, 0.25) is 0 Å². The average Bonchev–Trinajstić information content (AvgIpc) is 2.48. The fraction of sp³-hybridized carbons (Fsp3) is 0.250. The molecule has 5 heteroatoms. The zero-order valence-electron chi connectivity index (χ0n) is 12.1. The van der Waals surface area contributed by atoms with Gasteiger partial charge in [-0.05, 0) is 12.1 Å². The smallest absolute Gasteiger partial charge is 0.165 e. The van der Waals surface area contributed by atoms with Crippen LogP contribution in [-0.4, -0.2) is 14.2 Å². The van der Waals surface area contributed by atoms with Crippen molar-refractivity contribution in [2.45, 2.75) is 13.1 Å². The van der Waals surface area contributed by atoms with E-state index in [1.54, 1.807) is 26.4 Å². The van der Waals surface area contributed by atoms with E-state index in [9.17, 15) is 4.39 Å². The minimum absolute atomic E-state index is 0. The Bertz CT molecular complexity index is 578. The van der Waals surface area contributed by atoms with Gasteiger partial charge in [0.15, 0.2) is 11.5 Å². The summed E-state index contributed by atoms with van der Waals surface area (Å²) in [6, 6.07) is 12.4. The van der Waals surface area contributed by atoms with E-state index in [0.717, 1.165) is 5.56 Å². The summed E-state index contributed by atoms with van der Waals surface area (Å²) in [4.78, 5) is 0. The molecule has 114 valence electrons. The summed E-state index contributed by atoms with van der Waals surface area (Å²) in [6.45, 7) is 1.04. The van der Waals surface area contributed by atoms with Gasteiger partial charge in [0.2, 0.25) is 0 Å². The van der Waals surface area contributed by atoms with Crippen molar-refractivity contribution in [2.75, 3.05) is 14.2 Å². The van der Waals surface area contributed by atoms with Gasteiger partial charge in [0.05, 0.1) is 14.2 Å². The number of methoxy groups -OCH3 is 2. The molecule has 0 unspecified atom stereocenters. The Labute approximate surface area is 134 Å². The van der Waals surface area contributed by atoms with Crippen molar-refractivity contribution >= 4 is 17.0 Å². The van der Waals surface area contributed by atoms with Gasteiger partial charge in [-0.3, -0.25) is 0 Å². The largest absolute Gasteiger partial charge is 0.493 e. The van der Waals surface area contributed by atoms with Crippen LogP contribution in [-0.2, 0) is 13.1 Å². The first kappa shape index (κ1) is 17.5. The second-order valence-corrected chi connectivity index (χ2v) is 4.35. The van der Waals surface area contributed by atoms with Crippen molar-refractivity contribution < 1.29 is 13.9 Å². The summed E-state index contributed by atoms with van der Waals surface area (Å²) in [5.41, 5.74) is 1.62. The summed E-state index contributed by atoms with van der Waals surface area (Å²) in [6.07, 6.45) is 0. The van der Waals surface area contributed by atoms with Gasteiger partial charge in [-0.1, -0.05) is 30.3 Å². The van der Waals surface area contributed by atoms with Gasteiger partial charge in [-0.25, -0.2) is 4.39 Å². The Morgan fingerprint density at radius 3 is 2.24 bits per heavy atom. The molecule has 0 bridgehead atoms. The molecular weight excluding hydrogens is 337 g/mol. The zero-order valence-corrected chi connectivity index (χ0v) is 13.8. The van der Waals surface area contributed by atoms with E-state index in [0.29, 0.717) is 30.2 Å². The molecule has 0 aromatic heterocycles. The van der Waals surface area contributed by atoms with Crippen molar-refractivity contribution in [1.29, 1.82) is 0 Å². The lowest BCUT2D eigenvalue weighted by Gasteiger charge is -2.13. The first-order chi connectivity index (χ1) is 9.76. The molecule has 3 nitrogen and oxygen atoms in total. The van der Waals surface area contributed by atoms with Gasteiger partial charge in [-0.2, -0.15) is 0 Å². The Hall–Kier alpha value is -1.59. The molecule has 21 heavy (non-hydrogen) atoms. The van der Waals surface area contributed by atoms with E-state index in [1.165, 1.54) is 6.07 Å². The number of hydrogen-bond acceptors (Lipinski definition) is 3. The molecule has 0 spiro atoms. The fourth-order valence-electron chi connectivity index (χ4n) is 2.07. The highest BCUT2D eigenvalue weighted by Gasteiger charge is 2.09. The SMILES string of the molecule is Br.COc1cccc(CNCc2ccccc2F)c1OC. The van der Waals surface area contributed by atoms with Crippen LogP contribution in [0.15, 0.2) is 42.5 Å². The first-order valence-corrected chi connectivity index (χ1v) is 6.40. The predicted octanol–water partition coefficient (Wildman–Crippen LogP) is 3.71. The average molecular weight is 356 g/mol. The molecule has 0 aliphatic heterocycles. The molecule has 0 radical (unpaired) electrons. The van der Waals surface area contributed by atoms with Crippen LogP contribution in [0, 0.1) is 5.82 Å². The first-order valence-electron chi connectivity index (χ1n) is 6.40. The van der Waals surface area contributed by atoms with Crippen molar-refractivity contribution in [2.24, 2.45) is 0 Å². The predicted molar refractivity (Wildman–Crippen MR) is 86.8 cm³/mol. The molecule has 0 aliphatic rings. The van der Waals surface area contributed by atoms with Crippen LogP contribution in [0.1, 0.15) is 11.1 Å². The van der Waals surface area contributed by atoms with Gasteiger partial charge in [0.1, 0.15) is 5.82 Å². The number of benzene rings is 2. The van der Waals surface area contributed by atoms with Crippen LogP contribution in [0.3, 0.4) is 0 Å². The van der Waals surface area contributed by atoms with Crippen molar-refractivity contribution in [1.82, 2.24) is 5.32 Å². The Morgan fingerprint density at radius 1 is 0.905 bits per heavy atom. The highest BCUT2D eigenvalue weighted by molar-refractivity contribution is 8.93. The standard InChI is InChI=1S/C16H18FNO2.BrH/c1-19-15-9-5-7-13(16(15)20-2)11-18-10-12-6-3-4-8-14(12)17;/h3-9,18H,10-11H2,1-2H3;1H. The normalized spacial score (nSPS) is 9.86. The second-order valence-electron chi connectivity index (χ2n) is 4.35. The molecule has 0 aliphatic carbocycles. The molecule has 2 aromatic carbocycles. The maximum Gasteiger partial charge on any atom is 0.165 e. The van der Waals surface area contributed by atoms with Gasteiger partial charge in [0.25, 0.3) is 0 Å². The Kier molecular flexibility index (Phi) is 7.19. The number of hydrogen-bond donors (Lipinski definition) is 1. The lowest BCUT2D eigenvalue weighted by atomic mass is 10.1. The molecule has 0 heterocycles. The summed E-state index contributed by atoms with van der Waals surface area (Å²) < 4.78 is 24.1. The number of rotatable bonds is 6. The van der Waals surface area contributed by atoms with Crippen LogP contribution in [0.5, 0.6) is 11.5 Å². The highest BCUT2D eigenvalue weighted by atomic mass is 79.9.